The highest BCUT2D eigenvalue weighted by Crippen LogP contribution is 2.45. The molecule has 0 aromatic heterocycles. The summed E-state index contributed by atoms with van der Waals surface area (Å²) in [6.45, 7) is 11.3. The third-order valence-corrected chi connectivity index (χ3v) is 15.3. The summed E-state index contributed by atoms with van der Waals surface area (Å²) in [6, 6.07) is -1.09. The maximum atomic E-state index is 14.5. The van der Waals surface area contributed by atoms with Crippen molar-refractivity contribution in [1.82, 2.24) is 4.90 Å². The van der Waals surface area contributed by atoms with Gasteiger partial charge in [0.25, 0.3) is 11.7 Å². The Kier molecular flexibility index (Phi) is 19.0. The maximum Gasteiger partial charge on any atom is 0.329 e. The van der Waals surface area contributed by atoms with E-state index in [9.17, 15) is 39.9 Å². The Morgan fingerprint density at radius 2 is 1.55 bits per heavy atom. The van der Waals surface area contributed by atoms with Gasteiger partial charge in [-0.2, -0.15) is 0 Å². The van der Waals surface area contributed by atoms with Crippen molar-refractivity contribution in [1.29, 1.82) is 0 Å². The van der Waals surface area contributed by atoms with E-state index in [1.54, 1.807) is 34.1 Å². The minimum absolute atomic E-state index is 0.0776. The lowest BCUT2D eigenvalue weighted by Crippen LogP contribution is -2.65. The van der Waals surface area contributed by atoms with Gasteiger partial charge in [-0.05, 0) is 106 Å². The van der Waals surface area contributed by atoms with E-state index < -0.39 is 96.1 Å². The second kappa shape index (κ2) is 23.3. The molecule has 0 aromatic carbocycles. The molecule has 5 N–H and O–H groups in total. The molecule has 64 heavy (non-hydrogen) atoms. The number of amides is 1. The third kappa shape index (κ3) is 12.2. The van der Waals surface area contributed by atoms with Crippen LogP contribution in [0.25, 0.3) is 0 Å². The van der Waals surface area contributed by atoms with E-state index in [4.69, 9.17) is 23.7 Å². The lowest BCUT2D eigenvalue weighted by Gasteiger charge is -2.50. The highest BCUT2D eigenvalue weighted by molar-refractivity contribution is 6.39. The van der Waals surface area contributed by atoms with Gasteiger partial charge in [0, 0.05) is 58.5 Å². The van der Waals surface area contributed by atoms with Crippen molar-refractivity contribution in [2.24, 2.45) is 41.4 Å². The molecule has 3 saturated heterocycles. The number of hydrogen-bond donors (Lipinski definition) is 5. The molecule has 362 valence electrons. The molecule has 5 heterocycles. The minimum Gasteiger partial charge on any atom is -0.460 e. The van der Waals surface area contributed by atoms with Gasteiger partial charge in [-0.25, -0.2) is 4.79 Å². The molecule has 6 bridgehead atoms. The number of aliphatic hydroxyl groups is 5. The predicted molar refractivity (Wildman–Crippen MR) is 240 cm³/mol. The molecule has 4 fully saturated rings. The number of fused-ring (bicyclic) bond motifs is 16. The number of ketones is 1. The normalized spacial score (nSPS) is 45.4. The minimum atomic E-state index is -2.42. The van der Waals surface area contributed by atoms with Crippen molar-refractivity contribution in [3.8, 4) is 0 Å². The number of hydrogen-bond acceptors (Lipinski definition) is 13. The summed E-state index contributed by atoms with van der Waals surface area (Å²) in [4.78, 5) is 44.4. The van der Waals surface area contributed by atoms with E-state index in [1.807, 2.05) is 51.2 Å². The summed E-state index contributed by atoms with van der Waals surface area (Å²) in [5.41, 5.74) is 1.42. The van der Waals surface area contributed by atoms with Crippen LogP contribution in [0, 0.1) is 41.4 Å². The molecule has 6 rings (SSSR count). The van der Waals surface area contributed by atoms with Crippen molar-refractivity contribution in [2.75, 3.05) is 27.9 Å². The van der Waals surface area contributed by atoms with Crippen LogP contribution in [0.2, 0.25) is 0 Å². The van der Waals surface area contributed by atoms with E-state index in [2.05, 4.69) is 6.92 Å². The van der Waals surface area contributed by atoms with Gasteiger partial charge in [-0.15, -0.1) is 0 Å². The lowest BCUT2D eigenvalue weighted by atomic mass is 9.67. The number of carbonyl (C=O) groups excluding carboxylic acids is 3. The van der Waals surface area contributed by atoms with Crippen molar-refractivity contribution < 1.29 is 63.6 Å². The van der Waals surface area contributed by atoms with E-state index in [0.717, 1.165) is 12.0 Å². The Hall–Kier alpha value is -2.79. The molecule has 14 nitrogen and oxygen atoms in total. The number of carbonyl (C=O) groups is 3. The topological polar surface area (TPSA) is 202 Å². The van der Waals surface area contributed by atoms with Crippen LogP contribution in [0.4, 0.5) is 0 Å². The summed E-state index contributed by atoms with van der Waals surface area (Å²) < 4.78 is 29.6. The fraction of sp³-hybridized carbons (Fsp3) is 0.780. The number of methoxy groups -OCH3 is 3. The fourth-order valence-electron chi connectivity index (χ4n) is 11.2. The first-order chi connectivity index (χ1) is 30.3. The quantitative estimate of drug-likeness (QED) is 0.141. The van der Waals surface area contributed by atoms with Gasteiger partial charge >= 0.3 is 5.97 Å². The summed E-state index contributed by atoms with van der Waals surface area (Å²) >= 11 is 0. The van der Waals surface area contributed by atoms with Crippen LogP contribution in [0.5, 0.6) is 0 Å². The van der Waals surface area contributed by atoms with Crippen molar-refractivity contribution in [3.63, 3.8) is 0 Å². The number of rotatable bonds is 5. The Morgan fingerprint density at radius 1 is 0.812 bits per heavy atom. The van der Waals surface area contributed by atoms with Gasteiger partial charge < -0.3 is 54.1 Å². The van der Waals surface area contributed by atoms with Gasteiger partial charge in [0.2, 0.25) is 5.79 Å². The molecule has 1 saturated carbocycles. The number of ether oxygens (including phenoxy) is 5. The second-order valence-electron chi connectivity index (χ2n) is 19.9. The number of allylic oxidation sites excluding steroid dienone is 5. The smallest absolute Gasteiger partial charge is 0.329 e. The molecule has 5 aliphatic heterocycles. The van der Waals surface area contributed by atoms with Gasteiger partial charge in [0.1, 0.15) is 24.4 Å². The number of esters is 1. The molecular weight excluding hydrogens is 823 g/mol. The maximum absolute atomic E-state index is 14.5. The summed E-state index contributed by atoms with van der Waals surface area (Å²) in [5, 5.41) is 57.4. The monoisotopic (exact) mass is 902 g/mol. The van der Waals surface area contributed by atoms with Crippen LogP contribution < -0.4 is 0 Å². The first-order valence-electron chi connectivity index (χ1n) is 23.8. The molecule has 0 spiro atoms. The molecule has 18 atom stereocenters. The molecular formula is C50H79NO13. The van der Waals surface area contributed by atoms with Crippen LogP contribution in [-0.2, 0) is 38.1 Å². The van der Waals surface area contributed by atoms with Crippen LogP contribution in [0.1, 0.15) is 112 Å². The van der Waals surface area contributed by atoms with Gasteiger partial charge in [-0.3, -0.25) is 9.59 Å². The average Bonchev–Trinajstić information content (AvgIpc) is 3.27. The first kappa shape index (κ1) is 52.2. The summed E-state index contributed by atoms with van der Waals surface area (Å²) in [5.74, 6) is -7.14. The molecule has 1 amide bonds. The number of nitrogens with zero attached hydrogens (tertiary/aromatic N) is 1. The molecule has 3 unspecified atom stereocenters. The Morgan fingerprint density at radius 3 is 2.23 bits per heavy atom. The molecule has 1 aliphatic carbocycles. The third-order valence-electron chi connectivity index (χ3n) is 15.3. The van der Waals surface area contributed by atoms with Crippen LogP contribution in [0.3, 0.4) is 0 Å². The average molecular weight is 902 g/mol. The number of aliphatic hydroxyl groups excluding tert-OH is 4. The number of Topliss-reactive ketones (excluding diaryl/α,β-unsaturated/α-hetero) is 1. The largest absolute Gasteiger partial charge is 0.460 e. The van der Waals surface area contributed by atoms with Crippen LogP contribution in [-0.4, -0.2) is 143 Å². The Balaban J connectivity index is 1.50. The lowest BCUT2D eigenvalue weighted by molar-refractivity contribution is -0.266. The first-order valence-corrected chi connectivity index (χ1v) is 23.8. The molecule has 0 aromatic rings. The van der Waals surface area contributed by atoms with E-state index in [0.29, 0.717) is 63.4 Å². The van der Waals surface area contributed by atoms with Gasteiger partial charge in [-0.1, -0.05) is 64.2 Å². The highest BCUT2D eigenvalue weighted by Gasteiger charge is 2.57. The van der Waals surface area contributed by atoms with E-state index in [-0.39, 0.29) is 42.7 Å². The van der Waals surface area contributed by atoms with E-state index >= 15 is 0 Å². The molecule has 0 radical (unpaired) electrons. The highest BCUT2D eigenvalue weighted by atomic mass is 16.6. The van der Waals surface area contributed by atoms with Crippen LogP contribution in [0.15, 0.2) is 47.6 Å². The molecule has 6 aliphatic rings. The zero-order chi connectivity index (χ0) is 47.0. The Labute approximate surface area is 381 Å². The van der Waals surface area contributed by atoms with E-state index in [1.165, 1.54) is 12.0 Å². The summed E-state index contributed by atoms with van der Waals surface area (Å²) in [6.07, 6.45) is 10.2. The van der Waals surface area contributed by atoms with Crippen LogP contribution >= 0.6 is 0 Å². The molecule has 14 heteroatoms. The standard InChI is InChI=1S/C50H79NO13/c1-28-14-11-10-12-15-29(2)40(60-7)26-35-19-17-33(6)50(59,64-35)47(56)48(57)51-21-13-16-36-37(24-34-18-20-38(52)42(25-34)61-8)41(63-49(58)43(36)51)27-39(53)30(3)23-32(5)45(55)46(62-9)44(54)31(4)22-28/h10-12,14-15,23,28,30-31,33-46,52-55,59H,13,16-22,24-27H2,1-9H3/b12-10+,14-11+,29-15+,32-23+/t28-,30-,31-,33-,34+,35?,36?,37+,38-,39+,40+,41+,42-,43?,44+,45-,46+,50-/m1/s1. The fourth-order valence-corrected chi connectivity index (χ4v) is 11.2. The predicted octanol–water partition coefficient (Wildman–Crippen LogP) is 4.98. The van der Waals surface area contributed by atoms with Crippen molar-refractivity contribution in [3.05, 3.63) is 47.6 Å². The zero-order valence-electron chi connectivity index (χ0n) is 39.7. The summed E-state index contributed by atoms with van der Waals surface area (Å²) in [7, 11) is 4.63. The van der Waals surface area contributed by atoms with Gasteiger partial charge in [0.15, 0.2) is 0 Å². The second-order valence-corrected chi connectivity index (χ2v) is 19.9. The SMILES string of the molecule is CO[C@H]1[C@@H](O)[C@H](C)C[C@H](C)/C=C/C=C/C=C(\C)[C@@H](OC)CC2CC[C@@H](C)[C@@](O)(O2)C(=O)C(=O)N2CCCC3C2C(=O)O[C@@H](C[C@H](O)[C@H](C)/C=C(\C)[C@H]1O)[C@H]3C[C@@H]1CC[C@@H](O)[C@H](OC)C1. The zero-order valence-corrected chi connectivity index (χ0v) is 39.7. The van der Waals surface area contributed by atoms with Crippen molar-refractivity contribution in [2.45, 2.75) is 179 Å². The van der Waals surface area contributed by atoms with Gasteiger partial charge in [0.05, 0.1) is 36.6 Å². The Bertz CT molecular complexity index is 1700. The number of piperidine rings is 1. The van der Waals surface area contributed by atoms with Crippen molar-refractivity contribution >= 4 is 17.7 Å².